The van der Waals surface area contributed by atoms with Crippen LogP contribution in [0.15, 0.2) is 12.3 Å². The summed E-state index contributed by atoms with van der Waals surface area (Å²) in [5.74, 6) is 0. The molecule has 1 fully saturated rings. The van der Waals surface area contributed by atoms with Crippen molar-refractivity contribution in [3.05, 3.63) is 18.0 Å². The Bertz CT molecular complexity index is 271. The van der Waals surface area contributed by atoms with Gasteiger partial charge in [0.15, 0.2) is 0 Å². The quantitative estimate of drug-likeness (QED) is 0.650. The van der Waals surface area contributed by atoms with Gasteiger partial charge < -0.3 is 10.5 Å². The molecule has 2 unspecified atom stereocenters. The summed E-state index contributed by atoms with van der Waals surface area (Å²) in [6, 6.07) is 2.08. The van der Waals surface area contributed by atoms with Crippen molar-refractivity contribution in [1.82, 2.24) is 9.78 Å². The van der Waals surface area contributed by atoms with E-state index in [9.17, 15) is 0 Å². The number of ether oxygens (including phenoxy) is 1. The molecule has 1 aliphatic rings. The third-order valence-electron chi connectivity index (χ3n) is 2.29. The van der Waals surface area contributed by atoms with Gasteiger partial charge in [-0.3, -0.25) is 4.68 Å². The van der Waals surface area contributed by atoms with E-state index in [4.69, 9.17) is 10.5 Å². The summed E-state index contributed by atoms with van der Waals surface area (Å²) in [6.45, 7) is 0.761. The molecule has 2 rings (SSSR count). The number of aryl methyl sites for hydroxylation is 1. The minimum absolute atomic E-state index is 0.0394. The Labute approximate surface area is 71.3 Å². The SMILES string of the molecule is Cn1nccc1C1OCCC1N. The lowest BCUT2D eigenvalue weighted by Crippen LogP contribution is -2.25. The topological polar surface area (TPSA) is 53.1 Å². The number of nitrogens with two attached hydrogens (primary N) is 1. The first-order valence-corrected chi connectivity index (χ1v) is 4.14. The van der Waals surface area contributed by atoms with Gasteiger partial charge >= 0.3 is 0 Å². The fourth-order valence-electron chi connectivity index (χ4n) is 1.57. The van der Waals surface area contributed by atoms with Crippen LogP contribution in [-0.2, 0) is 11.8 Å². The molecule has 0 bridgehead atoms. The highest BCUT2D eigenvalue weighted by atomic mass is 16.5. The molecule has 2 heterocycles. The Hall–Kier alpha value is -0.870. The van der Waals surface area contributed by atoms with E-state index in [0.717, 1.165) is 18.7 Å². The van der Waals surface area contributed by atoms with Crippen LogP contribution in [0.25, 0.3) is 0 Å². The van der Waals surface area contributed by atoms with Crippen LogP contribution in [0, 0.1) is 0 Å². The average Bonchev–Trinajstić information content (AvgIpc) is 2.59. The molecule has 0 radical (unpaired) electrons. The maximum atomic E-state index is 5.87. The standard InChI is InChI=1S/C8H13N3O/c1-11-7(2-4-10-11)8-6(9)3-5-12-8/h2,4,6,8H,3,5,9H2,1H3. The van der Waals surface area contributed by atoms with Crippen molar-refractivity contribution in [3.63, 3.8) is 0 Å². The largest absolute Gasteiger partial charge is 0.370 e. The van der Waals surface area contributed by atoms with Crippen LogP contribution in [0.3, 0.4) is 0 Å². The second-order valence-corrected chi connectivity index (χ2v) is 3.12. The molecule has 1 aliphatic heterocycles. The van der Waals surface area contributed by atoms with Gasteiger partial charge in [0.2, 0.25) is 0 Å². The Morgan fingerprint density at radius 3 is 3.08 bits per heavy atom. The maximum absolute atomic E-state index is 5.87. The van der Waals surface area contributed by atoms with Gasteiger partial charge in [-0.25, -0.2) is 0 Å². The Balaban J connectivity index is 2.24. The Kier molecular flexibility index (Phi) is 1.86. The van der Waals surface area contributed by atoms with Gasteiger partial charge in [0.05, 0.1) is 5.69 Å². The van der Waals surface area contributed by atoms with Gasteiger partial charge in [-0.2, -0.15) is 5.10 Å². The van der Waals surface area contributed by atoms with E-state index in [1.165, 1.54) is 0 Å². The summed E-state index contributed by atoms with van der Waals surface area (Å²) in [5, 5.41) is 4.08. The van der Waals surface area contributed by atoms with E-state index in [2.05, 4.69) is 5.10 Å². The number of rotatable bonds is 1. The molecule has 0 aliphatic carbocycles. The molecule has 0 spiro atoms. The zero-order valence-corrected chi connectivity index (χ0v) is 7.10. The lowest BCUT2D eigenvalue weighted by Gasteiger charge is -2.14. The van der Waals surface area contributed by atoms with Crippen molar-refractivity contribution in [2.24, 2.45) is 12.8 Å². The van der Waals surface area contributed by atoms with Gasteiger partial charge in [0.25, 0.3) is 0 Å². The van der Waals surface area contributed by atoms with E-state index >= 15 is 0 Å². The minimum Gasteiger partial charge on any atom is -0.370 e. The highest BCUT2D eigenvalue weighted by Gasteiger charge is 2.28. The molecule has 4 nitrogen and oxygen atoms in total. The lowest BCUT2D eigenvalue weighted by molar-refractivity contribution is 0.0983. The van der Waals surface area contributed by atoms with Gasteiger partial charge in [-0.1, -0.05) is 0 Å². The van der Waals surface area contributed by atoms with Gasteiger partial charge in [-0.15, -0.1) is 0 Å². The summed E-state index contributed by atoms with van der Waals surface area (Å²) in [6.07, 6.45) is 2.75. The third-order valence-corrected chi connectivity index (χ3v) is 2.29. The fraction of sp³-hybridized carbons (Fsp3) is 0.625. The molecule has 1 aromatic rings. The number of nitrogens with zero attached hydrogens (tertiary/aromatic N) is 2. The third kappa shape index (κ3) is 1.13. The summed E-state index contributed by atoms with van der Waals surface area (Å²) in [5.41, 5.74) is 6.94. The summed E-state index contributed by atoms with van der Waals surface area (Å²) < 4.78 is 7.32. The molecule has 12 heavy (non-hydrogen) atoms. The van der Waals surface area contributed by atoms with Crippen LogP contribution in [-0.4, -0.2) is 22.4 Å². The van der Waals surface area contributed by atoms with Crippen molar-refractivity contribution in [2.75, 3.05) is 6.61 Å². The van der Waals surface area contributed by atoms with Crippen LogP contribution in [0.5, 0.6) is 0 Å². The Morgan fingerprint density at radius 2 is 2.58 bits per heavy atom. The zero-order chi connectivity index (χ0) is 8.55. The first kappa shape index (κ1) is 7.76. The van der Waals surface area contributed by atoms with Crippen molar-refractivity contribution < 1.29 is 4.74 Å². The van der Waals surface area contributed by atoms with Gasteiger partial charge in [0, 0.05) is 25.9 Å². The van der Waals surface area contributed by atoms with E-state index < -0.39 is 0 Å². The van der Waals surface area contributed by atoms with Crippen molar-refractivity contribution in [3.8, 4) is 0 Å². The molecular weight excluding hydrogens is 154 g/mol. The van der Waals surface area contributed by atoms with Crippen LogP contribution in [0.2, 0.25) is 0 Å². The van der Waals surface area contributed by atoms with Crippen molar-refractivity contribution in [1.29, 1.82) is 0 Å². The van der Waals surface area contributed by atoms with E-state index in [1.807, 2.05) is 17.8 Å². The van der Waals surface area contributed by atoms with Crippen LogP contribution in [0.4, 0.5) is 0 Å². The lowest BCUT2D eigenvalue weighted by atomic mass is 10.1. The van der Waals surface area contributed by atoms with Crippen LogP contribution in [0.1, 0.15) is 18.2 Å². The molecule has 0 amide bonds. The zero-order valence-electron chi connectivity index (χ0n) is 7.10. The predicted octanol–water partition coefficient (Wildman–Crippen LogP) is 0.209. The van der Waals surface area contributed by atoms with Gasteiger partial charge in [0.1, 0.15) is 6.10 Å². The smallest absolute Gasteiger partial charge is 0.114 e. The normalized spacial score (nSPS) is 29.5. The first-order chi connectivity index (χ1) is 5.79. The molecule has 0 saturated carbocycles. The molecular formula is C8H13N3O. The molecule has 66 valence electrons. The molecule has 1 saturated heterocycles. The van der Waals surface area contributed by atoms with E-state index in [1.54, 1.807) is 6.20 Å². The molecule has 1 aromatic heterocycles. The van der Waals surface area contributed by atoms with Crippen molar-refractivity contribution >= 4 is 0 Å². The Morgan fingerprint density at radius 1 is 1.75 bits per heavy atom. The summed E-state index contributed by atoms with van der Waals surface area (Å²) in [7, 11) is 1.91. The molecule has 0 aromatic carbocycles. The predicted molar refractivity (Wildman–Crippen MR) is 44.5 cm³/mol. The van der Waals surface area contributed by atoms with Crippen molar-refractivity contribution in [2.45, 2.75) is 18.6 Å². The fourth-order valence-corrected chi connectivity index (χ4v) is 1.57. The summed E-state index contributed by atoms with van der Waals surface area (Å²) in [4.78, 5) is 0. The highest BCUT2D eigenvalue weighted by molar-refractivity contribution is 5.08. The molecule has 2 N–H and O–H groups in total. The number of hydrogen-bond donors (Lipinski definition) is 1. The average molecular weight is 167 g/mol. The van der Waals surface area contributed by atoms with Gasteiger partial charge in [-0.05, 0) is 12.5 Å². The summed E-state index contributed by atoms with van der Waals surface area (Å²) >= 11 is 0. The highest BCUT2D eigenvalue weighted by Crippen LogP contribution is 2.26. The molecule has 4 heteroatoms. The minimum atomic E-state index is 0.0394. The maximum Gasteiger partial charge on any atom is 0.114 e. The first-order valence-electron chi connectivity index (χ1n) is 4.14. The number of aromatic nitrogens is 2. The van der Waals surface area contributed by atoms with E-state index in [0.29, 0.717) is 0 Å². The van der Waals surface area contributed by atoms with E-state index in [-0.39, 0.29) is 12.1 Å². The monoisotopic (exact) mass is 167 g/mol. The second-order valence-electron chi connectivity index (χ2n) is 3.12. The van der Waals surface area contributed by atoms with Crippen LogP contribution >= 0.6 is 0 Å². The number of hydrogen-bond acceptors (Lipinski definition) is 3. The second kappa shape index (κ2) is 2.88. The molecule has 2 atom stereocenters. The van der Waals surface area contributed by atoms with Crippen LogP contribution < -0.4 is 5.73 Å².